The molecular formula is C14H21ClN2O. The van der Waals surface area contributed by atoms with Gasteiger partial charge in [0.15, 0.2) is 0 Å². The smallest absolute Gasteiger partial charge is 0.0624 e. The molecule has 1 aromatic carbocycles. The Labute approximate surface area is 114 Å². The fraction of sp³-hybridized carbons (Fsp3) is 0.571. The predicted octanol–water partition coefficient (Wildman–Crippen LogP) is 2.32. The van der Waals surface area contributed by atoms with E-state index in [0.29, 0.717) is 0 Å². The molecule has 2 rings (SSSR count). The lowest BCUT2D eigenvalue weighted by atomic mass is 10.0. The minimum absolute atomic E-state index is 0.0538. The topological polar surface area (TPSA) is 49.5 Å². The van der Waals surface area contributed by atoms with Gasteiger partial charge in [-0.2, -0.15) is 0 Å². The quantitative estimate of drug-likeness (QED) is 0.881. The molecule has 100 valence electrons. The van der Waals surface area contributed by atoms with Crippen LogP contribution in [-0.4, -0.2) is 29.7 Å². The van der Waals surface area contributed by atoms with Crippen LogP contribution >= 0.6 is 11.6 Å². The normalized spacial score (nSPS) is 18.8. The Hall–Kier alpha value is -0.610. The molecule has 3 nitrogen and oxygen atoms in total. The number of hydrogen-bond acceptors (Lipinski definition) is 3. The molecule has 0 radical (unpaired) electrons. The van der Waals surface area contributed by atoms with E-state index in [1.165, 1.54) is 19.3 Å². The molecule has 1 atom stereocenters. The van der Waals surface area contributed by atoms with Crippen LogP contribution in [0.2, 0.25) is 5.02 Å². The second-order valence-corrected chi connectivity index (χ2v) is 5.38. The van der Waals surface area contributed by atoms with Crippen LogP contribution in [0, 0.1) is 0 Å². The number of rotatable bonds is 4. The number of aliphatic hydroxyl groups is 1. The van der Waals surface area contributed by atoms with Gasteiger partial charge in [0, 0.05) is 11.6 Å². The molecule has 1 aliphatic heterocycles. The van der Waals surface area contributed by atoms with Crippen LogP contribution in [-0.2, 0) is 6.54 Å². The standard InChI is InChI=1S/C14H21ClN2O/c15-13-8-11(14(16)10-18)4-5-12(13)9-17-6-2-1-3-7-17/h4-5,8,14,18H,1-3,6-7,9-10,16H2. The summed E-state index contributed by atoms with van der Waals surface area (Å²) in [5.41, 5.74) is 7.82. The second kappa shape index (κ2) is 6.53. The van der Waals surface area contributed by atoms with Crippen molar-refractivity contribution in [1.29, 1.82) is 0 Å². The lowest BCUT2D eigenvalue weighted by Crippen LogP contribution is -2.29. The SMILES string of the molecule is NC(CO)c1ccc(CN2CCCCC2)c(Cl)c1. The van der Waals surface area contributed by atoms with E-state index in [-0.39, 0.29) is 12.6 Å². The lowest BCUT2D eigenvalue weighted by molar-refractivity contribution is 0.221. The number of hydrogen-bond donors (Lipinski definition) is 2. The van der Waals surface area contributed by atoms with Crippen molar-refractivity contribution in [2.45, 2.75) is 31.8 Å². The van der Waals surface area contributed by atoms with Gasteiger partial charge in [0.1, 0.15) is 0 Å². The van der Waals surface area contributed by atoms with E-state index >= 15 is 0 Å². The van der Waals surface area contributed by atoms with Crippen LogP contribution in [0.5, 0.6) is 0 Å². The van der Waals surface area contributed by atoms with Gasteiger partial charge in [-0.15, -0.1) is 0 Å². The number of halogens is 1. The first kappa shape index (κ1) is 13.8. The van der Waals surface area contributed by atoms with Gasteiger partial charge in [0.05, 0.1) is 12.6 Å². The molecule has 0 saturated carbocycles. The number of nitrogens with zero attached hydrogens (tertiary/aromatic N) is 1. The zero-order valence-electron chi connectivity index (χ0n) is 10.6. The molecule has 1 fully saturated rings. The first-order valence-electron chi connectivity index (χ1n) is 6.58. The van der Waals surface area contributed by atoms with Crippen molar-refractivity contribution in [1.82, 2.24) is 4.90 Å². The maximum atomic E-state index is 9.03. The highest BCUT2D eigenvalue weighted by molar-refractivity contribution is 6.31. The molecule has 1 unspecified atom stereocenters. The molecule has 4 heteroatoms. The van der Waals surface area contributed by atoms with Gasteiger partial charge >= 0.3 is 0 Å². The highest BCUT2D eigenvalue weighted by atomic mass is 35.5. The third-order valence-electron chi connectivity index (χ3n) is 3.54. The number of aliphatic hydroxyl groups excluding tert-OH is 1. The van der Waals surface area contributed by atoms with E-state index in [4.69, 9.17) is 22.4 Å². The molecule has 1 aromatic rings. The van der Waals surface area contributed by atoms with E-state index in [0.717, 1.165) is 35.8 Å². The molecule has 1 heterocycles. The third kappa shape index (κ3) is 3.45. The molecule has 0 amide bonds. The van der Waals surface area contributed by atoms with Gasteiger partial charge < -0.3 is 10.8 Å². The minimum atomic E-state index is -0.341. The van der Waals surface area contributed by atoms with E-state index in [1.54, 1.807) is 0 Å². The summed E-state index contributed by atoms with van der Waals surface area (Å²) in [6, 6.07) is 5.53. The van der Waals surface area contributed by atoms with E-state index in [9.17, 15) is 0 Å². The van der Waals surface area contributed by atoms with E-state index in [2.05, 4.69) is 4.90 Å². The van der Waals surface area contributed by atoms with Crippen LogP contribution in [0.1, 0.15) is 36.4 Å². The summed E-state index contributed by atoms with van der Waals surface area (Å²) in [5, 5.41) is 9.78. The summed E-state index contributed by atoms with van der Waals surface area (Å²) in [5.74, 6) is 0. The fourth-order valence-electron chi connectivity index (χ4n) is 2.39. The summed E-state index contributed by atoms with van der Waals surface area (Å²) < 4.78 is 0. The number of nitrogens with two attached hydrogens (primary N) is 1. The zero-order valence-corrected chi connectivity index (χ0v) is 11.4. The number of piperidine rings is 1. The highest BCUT2D eigenvalue weighted by Crippen LogP contribution is 2.23. The summed E-state index contributed by atoms with van der Waals surface area (Å²) >= 11 is 6.29. The summed E-state index contributed by atoms with van der Waals surface area (Å²) in [6.45, 7) is 3.18. The summed E-state index contributed by atoms with van der Waals surface area (Å²) in [4.78, 5) is 2.44. The van der Waals surface area contributed by atoms with Crippen molar-refractivity contribution in [3.05, 3.63) is 34.3 Å². The molecule has 1 aliphatic rings. The average Bonchev–Trinajstić information content (AvgIpc) is 2.41. The molecule has 18 heavy (non-hydrogen) atoms. The van der Waals surface area contributed by atoms with Crippen molar-refractivity contribution in [3.8, 4) is 0 Å². The van der Waals surface area contributed by atoms with Crippen molar-refractivity contribution in [2.24, 2.45) is 5.73 Å². The molecule has 3 N–H and O–H groups in total. The van der Waals surface area contributed by atoms with E-state index in [1.807, 2.05) is 18.2 Å². The van der Waals surface area contributed by atoms with Crippen molar-refractivity contribution in [3.63, 3.8) is 0 Å². The first-order valence-corrected chi connectivity index (χ1v) is 6.95. The Morgan fingerprint density at radius 3 is 2.61 bits per heavy atom. The first-order chi connectivity index (χ1) is 8.70. The average molecular weight is 269 g/mol. The van der Waals surface area contributed by atoms with Gasteiger partial charge in [-0.25, -0.2) is 0 Å². The minimum Gasteiger partial charge on any atom is -0.394 e. The van der Waals surface area contributed by atoms with Crippen LogP contribution in [0.15, 0.2) is 18.2 Å². The largest absolute Gasteiger partial charge is 0.394 e. The maximum Gasteiger partial charge on any atom is 0.0624 e. The van der Waals surface area contributed by atoms with Crippen molar-refractivity contribution >= 4 is 11.6 Å². The molecule has 1 saturated heterocycles. The molecule has 0 aromatic heterocycles. The second-order valence-electron chi connectivity index (χ2n) is 4.98. The van der Waals surface area contributed by atoms with Gasteiger partial charge in [0.2, 0.25) is 0 Å². The molecule has 0 aliphatic carbocycles. The van der Waals surface area contributed by atoms with Crippen LogP contribution in [0.4, 0.5) is 0 Å². The maximum absolute atomic E-state index is 9.03. The highest BCUT2D eigenvalue weighted by Gasteiger charge is 2.13. The van der Waals surface area contributed by atoms with Crippen LogP contribution in [0.3, 0.4) is 0 Å². The molecule has 0 bridgehead atoms. The Morgan fingerprint density at radius 1 is 1.28 bits per heavy atom. The van der Waals surface area contributed by atoms with Gasteiger partial charge in [0.25, 0.3) is 0 Å². The Balaban J connectivity index is 2.04. The Kier molecular flexibility index (Phi) is 5.01. The van der Waals surface area contributed by atoms with Crippen LogP contribution < -0.4 is 5.73 Å². The molecule has 0 spiro atoms. The summed E-state index contributed by atoms with van der Waals surface area (Å²) in [7, 11) is 0. The van der Waals surface area contributed by atoms with E-state index < -0.39 is 0 Å². The predicted molar refractivity (Wildman–Crippen MR) is 74.6 cm³/mol. The number of benzene rings is 1. The third-order valence-corrected chi connectivity index (χ3v) is 3.90. The van der Waals surface area contributed by atoms with Crippen LogP contribution in [0.25, 0.3) is 0 Å². The zero-order chi connectivity index (χ0) is 13.0. The van der Waals surface area contributed by atoms with Gasteiger partial charge in [-0.05, 0) is 43.1 Å². The number of likely N-dealkylation sites (tertiary alicyclic amines) is 1. The van der Waals surface area contributed by atoms with Crippen molar-refractivity contribution in [2.75, 3.05) is 19.7 Å². The Morgan fingerprint density at radius 2 is 2.00 bits per heavy atom. The Bertz CT molecular complexity index is 391. The monoisotopic (exact) mass is 268 g/mol. The van der Waals surface area contributed by atoms with Gasteiger partial charge in [-0.1, -0.05) is 30.2 Å². The van der Waals surface area contributed by atoms with Gasteiger partial charge in [-0.3, -0.25) is 4.90 Å². The fourth-order valence-corrected chi connectivity index (χ4v) is 2.63. The van der Waals surface area contributed by atoms with Crippen molar-refractivity contribution < 1.29 is 5.11 Å². The molecular weight excluding hydrogens is 248 g/mol. The lowest BCUT2D eigenvalue weighted by Gasteiger charge is -2.27. The summed E-state index contributed by atoms with van der Waals surface area (Å²) in [6.07, 6.45) is 3.91.